The van der Waals surface area contributed by atoms with Crippen LogP contribution in [0.2, 0.25) is 5.02 Å². The van der Waals surface area contributed by atoms with E-state index >= 15 is 0 Å². The monoisotopic (exact) mass is 222 g/mol. The molecule has 1 aliphatic heterocycles. The van der Waals surface area contributed by atoms with Crippen LogP contribution in [0.15, 0.2) is 29.4 Å². The van der Waals surface area contributed by atoms with Crippen molar-refractivity contribution in [2.24, 2.45) is 5.10 Å². The van der Waals surface area contributed by atoms with E-state index in [-0.39, 0.29) is 5.91 Å². The summed E-state index contributed by atoms with van der Waals surface area (Å²) in [6, 6.07) is 7.22. The SMILES string of the molecule is CCC1=NN(c2ccccc2Cl)C(=O)C1. The molecule has 0 unspecified atom stereocenters. The minimum Gasteiger partial charge on any atom is -0.272 e. The summed E-state index contributed by atoms with van der Waals surface area (Å²) in [5.74, 6) is -0.0139. The number of hydrazone groups is 1. The van der Waals surface area contributed by atoms with Gasteiger partial charge in [0, 0.05) is 5.71 Å². The summed E-state index contributed by atoms with van der Waals surface area (Å²) in [4.78, 5) is 11.6. The van der Waals surface area contributed by atoms with Crippen LogP contribution in [-0.4, -0.2) is 11.6 Å². The molecule has 15 heavy (non-hydrogen) atoms. The lowest BCUT2D eigenvalue weighted by atomic mass is 10.2. The molecule has 3 nitrogen and oxygen atoms in total. The number of hydrogen-bond donors (Lipinski definition) is 0. The summed E-state index contributed by atoms with van der Waals surface area (Å²) in [7, 11) is 0. The number of nitrogens with zero attached hydrogens (tertiary/aromatic N) is 2. The average molecular weight is 223 g/mol. The number of amides is 1. The van der Waals surface area contributed by atoms with E-state index in [1.807, 2.05) is 19.1 Å². The van der Waals surface area contributed by atoms with Crippen LogP contribution in [0.5, 0.6) is 0 Å². The first kappa shape index (κ1) is 10.2. The second-order valence-corrected chi connectivity index (χ2v) is 3.76. The Bertz CT molecular complexity index is 428. The third-order valence-electron chi connectivity index (χ3n) is 2.32. The first-order valence-corrected chi connectivity index (χ1v) is 5.24. The van der Waals surface area contributed by atoms with Gasteiger partial charge in [0.2, 0.25) is 0 Å². The zero-order valence-electron chi connectivity index (χ0n) is 8.40. The highest BCUT2D eigenvalue weighted by Gasteiger charge is 2.25. The molecule has 0 radical (unpaired) electrons. The van der Waals surface area contributed by atoms with Crippen molar-refractivity contribution in [3.63, 3.8) is 0 Å². The minimum atomic E-state index is -0.0139. The van der Waals surface area contributed by atoms with Crippen LogP contribution in [0.1, 0.15) is 19.8 Å². The van der Waals surface area contributed by atoms with Crippen molar-refractivity contribution in [2.45, 2.75) is 19.8 Å². The van der Waals surface area contributed by atoms with Crippen LogP contribution in [-0.2, 0) is 4.79 Å². The second-order valence-electron chi connectivity index (χ2n) is 3.35. The largest absolute Gasteiger partial charge is 0.272 e. The molecule has 1 aliphatic rings. The number of benzene rings is 1. The van der Waals surface area contributed by atoms with Crippen LogP contribution >= 0.6 is 11.6 Å². The highest BCUT2D eigenvalue weighted by atomic mass is 35.5. The van der Waals surface area contributed by atoms with Crippen molar-refractivity contribution in [1.29, 1.82) is 0 Å². The molecule has 1 aromatic rings. The number of rotatable bonds is 2. The van der Waals surface area contributed by atoms with E-state index in [0.29, 0.717) is 17.1 Å². The molecule has 0 bridgehead atoms. The van der Waals surface area contributed by atoms with Gasteiger partial charge in [-0.1, -0.05) is 30.7 Å². The predicted octanol–water partition coefficient (Wildman–Crippen LogP) is 2.84. The zero-order chi connectivity index (χ0) is 10.8. The van der Waals surface area contributed by atoms with E-state index in [2.05, 4.69) is 5.10 Å². The van der Waals surface area contributed by atoms with Gasteiger partial charge in [-0.3, -0.25) is 4.79 Å². The third-order valence-corrected chi connectivity index (χ3v) is 2.64. The Hall–Kier alpha value is -1.35. The van der Waals surface area contributed by atoms with Crippen molar-refractivity contribution in [3.05, 3.63) is 29.3 Å². The Balaban J connectivity index is 2.36. The average Bonchev–Trinajstić information content (AvgIpc) is 2.60. The maximum atomic E-state index is 11.6. The molecule has 78 valence electrons. The molecule has 4 heteroatoms. The van der Waals surface area contributed by atoms with Crippen LogP contribution in [0.4, 0.5) is 5.69 Å². The van der Waals surface area contributed by atoms with Gasteiger partial charge in [-0.2, -0.15) is 10.1 Å². The third kappa shape index (κ3) is 1.88. The lowest BCUT2D eigenvalue weighted by molar-refractivity contribution is -0.116. The topological polar surface area (TPSA) is 32.7 Å². The molecular weight excluding hydrogens is 212 g/mol. The molecular formula is C11H11ClN2O. The van der Waals surface area contributed by atoms with Gasteiger partial charge in [0.25, 0.3) is 5.91 Å². The molecule has 0 atom stereocenters. The van der Waals surface area contributed by atoms with Crippen molar-refractivity contribution in [3.8, 4) is 0 Å². The van der Waals surface area contributed by atoms with E-state index < -0.39 is 0 Å². The maximum Gasteiger partial charge on any atom is 0.253 e. The van der Waals surface area contributed by atoms with E-state index in [9.17, 15) is 4.79 Å². The zero-order valence-corrected chi connectivity index (χ0v) is 9.16. The molecule has 0 saturated carbocycles. The fraction of sp³-hybridized carbons (Fsp3) is 0.273. The number of para-hydroxylation sites is 1. The first-order chi connectivity index (χ1) is 7.22. The summed E-state index contributed by atoms with van der Waals surface area (Å²) in [6.07, 6.45) is 1.20. The lowest BCUT2D eigenvalue weighted by Crippen LogP contribution is -2.19. The fourth-order valence-corrected chi connectivity index (χ4v) is 1.71. The molecule has 1 heterocycles. The number of carbonyl (C=O) groups is 1. The summed E-state index contributed by atoms with van der Waals surface area (Å²) in [5, 5.41) is 6.17. The number of halogens is 1. The van der Waals surface area contributed by atoms with Crippen molar-refractivity contribution >= 4 is 28.9 Å². The van der Waals surface area contributed by atoms with E-state index in [4.69, 9.17) is 11.6 Å². The van der Waals surface area contributed by atoms with E-state index in [1.165, 1.54) is 5.01 Å². The van der Waals surface area contributed by atoms with Gasteiger partial charge < -0.3 is 0 Å². The fourth-order valence-electron chi connectivity index (χ4n) is 1.49. The summed E-state index contributed by atoms with van der Waals surface area (Å²) >= 11 is 6.00. The summed E-state index contributed by atoms with van der Waals surface area (Å²) < 4.78 is 0. The smallest absolute Gasteiger partial charge is 0.253 e. The molecule has 0 fully saturated rings. The summed E-state index contributed by atoms with van der Waals surface area (Å²) in [6.45, 7) is 1.99. The normalized spacial score (nSPS) is 15.7. The lowest BCUT2D eigenvalue weighted by Gasteiger charge is -2.12. The second kappa shape index (κ2) is 4.03. The maximum absolute atomic E-state index is 11.6. The Morgan fingerprint density at radius 3 is 2.80 bits per heavy atom. The van der Waals surface area contributed by atoms with Crippen LogP contribution in [0, 0.1) is 0 Å². The van der Waals surface area contributed by atoms with Crippen LogP contribution < -0.4 is 5.01 Å². The number of hydrogen-bond acceptors (Lipinski definition) is 2. The highest BCUT2D eigenvalue weighted by molar-refractivity contribution is 6.34. The van der Waals surface area contributed by atoms with Crippen molar-refractivity contribution in [2.75, 3.05) is 5.01 Å². The van der Waals surface area contributed by atoms with E-state index in [0.717, 1.165) is 12.1 Å². The van der Waals surface area contributed by atoms with E-state index in [1.54, 1.807) is 12.1 Å². The molecule has 0 aliphatic carbocycles. The van der Waals surface area contributed by atoms with Crippen molar-refractivity contribution in [1.82, 2.24) is 0 Å². The van der Waals surface area contributed by atoms with Gasteiger partial charge >= 0.3 is 0 Å². The number of anilines is 1. The molecule has 1 aromatic carbocycles. The highest BCUT2D eigenvalue weighted by Crippen LogP contribution is 2.28. The van der Waals surface area contributed by atoms with Gasteiger partial charge in [-0.15, -0.1) is 0 Å². The van der Waals surface area contributed by atoms with Gasteiger partial charge in [0.15, 0.2) is 0 Å². The van der Waals surface area contributed by atoms with Gasteiger partial charge in [-0.05, 0) is 18.6 Å². The van der Waals surface area contributed by atoms with Crippen LogP contribution in [0.3, 0.4) is 0 Å². The Kier molecular flexibility index (Phi) is 2.73. The Morgan fingerprint density at radius 2 is 2.20 bits per heavy atom. The van der Waals surface area contributed by atoms with Gasteiger partial charge in [0.1, 0.15) is 0 Å². The van der Waals surface area contributed by atoms with Gasteiger partial charge in [-0.25, -0.2) is 0 Å². The Labute approximate surface area is 93.3 Å². The number of carbonyl (C=O) groups excluding carboxylic acids is 1. The molecule has 0 spiro atoms. The molecule has 0 N–H and O–H groups in total. The molecule has 1 amide bonds. The molecule has 0 aromatic heterocycles. The molecule has 0 saturated heterocycles. The summed E-state index contributed by atoms with van der Waals surface area (Å²) in [5.41, 5.74) is 1.56. The van der Waals surface area contributed by atoms with Gasteiger partial charge in [0.05, 0.1) is 17.1 Å². The molecule has 2 rings (SSSR count). The first-order valence-electron chi connectivity index (χ1n) is 4.86. The Morgan fingerprint density at radius 1 is 1.47 bits per heavy atom. The predicted molar refractivity (Wildman–Crippen MR) is 61.3 cm³/mol. The van der Waals surface area contributed by atoms with Crippen molar-refractivity contribution < 1.29 is 4.79 Å². The minimum absolute atomic E-state index is 0.0139. The quantitative estimate of drug-likeness (QED) is 0.758. The van der Waals surface area contributed by atoms with Crippen LogP contribution in [0.25, 0.3) is 0 Å². The standard InChI is InChI=1S/C11H11ClN2O/c1-2-8-7-11(15)14(13-8)10-6-4-3-5-9(10)12/h3-6H,2,7H2,1H3.